The number of ether oxygens (including phenoxy) is 1. The maximum absolute atomic E-state index is 12.0. The van der Waals surface area contributed by atoms with Gasteiger partial charge in [-0.25, -0.2) is 17.8 Å². The lowest BCUT2D eigenvalue weighted by molar-refractivity contribution is 0.157. The van der Waals surface area contributed by atoms with Gasteiger partial charge in [-0.15, -0.1) is 0 Å². The minimum atomic E-state index is -3.18. The zero-order valence-corrected chi connectivity index (χ0v) is 18.9. The first-order valence-corrected chi connectivity index (χ1v) is 12.0. The zero-order valence-electron chi connectivity index (χ0n) is 16.5. The van der Waals surface area contributed by atoms with E-state index >= 15 is 0 Å². The van der Waals surface area contributed by atoms with Crippen molar-refractivity contribution in [1.82, 2.24) is 24.4 Å². The lowest BCUT2D eigenvalue weighted by Crippen LogP contribution is -2.45. The molecule has 0 aliphatic carbocycles. The van der Waals surface area contributed by atoms with E-state index in [9.17, 15) is 8.42 Å². The third kappa shape index (κ3) is 5.79. The number of hydrogen-bond acceptors (Lipinski definition) is 6. The number of methoxy groups -OCH3 is 1. The largest absolute Gasteiger partial charge is 0.496 e. The highest BCUT2D eigenvalue weighted by molar-refractivity contribution is 7.89. The highest BCUT2D eigenvalue weighted by atomic mass is 35.5. The van der Waals surface area contributed by atoms with E-state index in [-0.39, 0.29) is 11.8 Å². The van der Waals surface area contributed by atoms with Gasteiger partial charge in [0, 0.05) is 24.2 Å². The molecule has 0 radical (unpaired) electrons. The Balaban J connectivity index is 1.65. The Morgan fingerprint density at radius 1 is 1.38 bits per heavy atom. The average Bonchev–Trinajstić information content (AvgIpc) is 3.03. The fraction of sp³-hybridized carbons (Fsp3) is 0.556. The van der Waals surface area contributed by atoms with Gasteiger partial charge in [-0.1, -0.05) is 18.5 Å². The van der Waals surface area contributed by atoms with E-state index < -0.39 is 10.0 Å². The first kappa shape index (κ1) is 22.2. The van der Waals surface area contributed by atoms with E-state index in [1.165, 1.54) is 0 Å². The Hall–Kier alpha value is -1.46. The van der Waals surface area contributed by atoms with Crippen LogP contribution >= 0.6 is 23.8 Å². The molecular formula is C18H26ClN5O3S2. The highest BCUT2D eigenvalue weighted by Gasteiger charge is 2.23. The highest BCUT2D eigenvalue weighted by Crippen LogP contribution is 2.30. The van der Waals surface area contributed by atoms with Crippen LogP contribution in [0.1, 0.15) is 26.2 Å². The summed E-state index contributed by atoms with van der Waals surface area (Å²) in [6, 6.07) is 5.32. The Bertz CT molecular complexity index is 997. The van der Waals surface area contributed by atoms with E-state index in [1.54, 1.807) is 30.0 Å². The smallest absolute Gasteiger partial charge is 0.217 e. The summed E-state index contributed by atoms with van der Waals surface area (Å²) in [7, 11) is -1.59. The van der Waals surface area contributed by atoms with Crippen LogP contribution in [0, 0.1) is 4.77 Å². The summed E-state index contributed by atoms with van der Waals surface area (Å²) in [5.41, 5.74) is 0.744. The van der Waals surface area contributed by atoms with Crippen molar-refractivity contribution in [3.63, 3.8) is 0 Å². The van der Waals surface area contributed by atoms with E-state index in [2.05, 4.69) is 19.7 Å². The number of sulfonamides is 1. The molecule has 0 spiro atoms. The van der Waals surface area contributed by atoms with Crippen LogP contribution in [0.15, 0.2) is 18.2 Å². The Labute approximate surface area is 181 Å². The van der Waals surface area contributed by atoms with Crippen molar-refractivity contribution in [1.29, 1.82) is 0 Å². The van der Waals surface area contributed by atoms with E-state index in [0.717, 1.165) is 31.5 Å². The van der Waals surface area contributed by atoms with Gasteiger partial charge >= 0.3 is 0 Å². The molecule has 8 nitrogen and oxygen atoms in total. The summed E-state index contributed by atoms with van der Waals surface area (Å²) in [6.07, 6.45) is 2.14. The first-order chi connectivity index (χ1) is 13.8. The number of hydrogen-bond donors (Lipinski definition) is 2. The molecule has 0 amide bonds. The van der Waals surface area contributed by atoms with Gasteiger partial charge in [0.1, 0.15) is 5.75 Å². The zero-order chi connectivity index (χ0) is 21.0. The van der Waals surface area contributed by atoms with Crippen molar-refractivity contribution in [2.45, 2.75) is 38.9 Å². The van der Waals surface area contributed by atoms with Crippen molar-refractivity contribution in [2.75, 3.05) is 26.0 Å². The summed E-state index contributed by atoms with van der Waals surface area (Å²) in [6.45, 7) is 3.97. The monoisotopic (exact) mass is 459 g/mol. The third-order valence-corrected chi connectivity index (χ3v) is 7.03. The molecule has 0 unspecified atom stereocenters. The standard InChI is InChI=1S/C18H26ClN5O3S2/c1-3-10-29(25,26)22-14-6-8-23(9-7-14)12-24-18(28)20-17(21-24)15-11-13(19)4-5-16(15)27-2/h4-5,11,14,22H,3,6-10,12H2,1-2H3,(H,20,21,28). The van der Waals surface area contributed by atoms with Crippen LogP contribution in [0.2, 0.25) is 5.02 Å². The SMILES string of the molecule is CCCS(=O)(=O)NC1CCN(Cn2[nH]c(-c3cc(Cl)ccc3OC)nc2=S)CC1. The van der Waals surface area contributed by atoms with Gasteiger partial charge in [-0.3, -0.25) is 10.00 Å². The van der Waals surface area contributed by atoms with Gasteiger partial charge in [-0.05, 0) is 49.7 Å². The number of aromatic amines is 1. The summed E-state index contributed by atoms with van der Waals surface area (Å²) in [5.74, 6) is 1.42. The molecule has 1 aromatic heterocycles. The maximum Gasteiger partial charge on any atom is 0.217 e. The second-order valence-electron chi connectivity index (χ2n) is 7.10. The number of rotatable bonds is 8. The number of halogens is 1. The average molecular weight is 460 g/mol. The van der Waals surface area contributed by atoms with Crippen molar-refractivity contribution in [3.05, 3.63) is 28.0 Å². The molecule has 1 aliphatic heterocycles. The van der Waals surface area contributed by atoms with Crippen LogP contribution in [-0.4, -0.2) is 60.1 Å². The molecule has 29 heavy (non-hydrogen) atoms. The number of likely N-dealkylation sites (tertiary alicyclic amines) is 1. The van der Waals surface area contributed by atoms with Crippen LogP contribution in [0.3, 0.4) is 0 Å². The van der Waals surface area contributed by atoms with Crippen molar-refractivity contribution < 1.29 is 13.2 Å². The number of nitrogens with zero attached hydrogens (tertiary/aromatic N) is 3. The predicted molar refractivity (Wildman–Crippen MR) is 116 cm³/mol. The Kier molecular flexibility index (Phi) is 7.33. The van der Waals surface area contributed by atoms with Gasteiger partial charge in [0.05, 0.1) is 25.1 Å². The molecule has 0 saturated carbocycles. The molecule has 2 heterocycles. The molecule has 3 rings (SSSR count). The van der Waals surface area contributed by atoms with E-state index in [1.807, 2.05) is 6.92 Å². The van der Waals surface area contributed by atoms with Crippen LogP contribution in [-0.2, 0) is 16.7 Å². The molecule has 160 valence electrons. The van der Waals surface area contributed by atoms with Gasteiger partial charge in [-0.2, -0.15) is 4.98 Å². The van der Waals surface area contributed by atoms with Crippen LogP contribution in [0.4, 0.5) is 0 Å². The maximum atomic E-state index is 12.0. The summed E-state index contributed by atoms with van der Waals surface area (Å²) >= 11 is 11.5. The topological polar surface area (TPSA) is 92.2 Å². The minimum absolute atomic E-state index is 0.0104. The molecule has 2 aromatic rings. The normalized spacial score (nSPS) is 16.2. The van der Waals surface area contributed by atoms with Gasteiger partial charge in [0.2, 0.25) is 14.8 Å². The summed E-state index contributed by atoms with van der Waals surface area (Å²) < 4.78 is 34.3. The molecule has 1 fully saturated rings. The molecule has 0 bridgehead atoms. The van der Waals surface area contributed by atoms with Crippen molar-refractivity contribution in [2.24, 2.45) is 0 Å². The second kappa shape index (κ2) is 9.57. The summed E-state index contributed by atoms with van der Waals surface area (Å²) in [4.78, 5) is 6.67. The Morgan fingerprint density at radius 3 is 2.76 bits per heavy atom. The second-order valence-corrected chi connectivity index (χ2v) is 9.77. The van der Waals surface area contributed by atoms with Gasteiger partial charge in [0.15, 0.2) is 5.82 Å². The third-order valence-electron chi connectivity index (χ3n) is 4.84. The number of nitrogens with one attached hydrogen (secondary N) is 2. The van der Waals surface area contributed by atoms with Gasteiger partial charge in [0.25, 0.3) is 0 Å². The molecule has 2 N–H and O–H groups in total. The first-order valence-electron chi connectivity index (χ1n) is 9.54. The number of piperidine rings is 1. The van der Waals surface area contributed by atoms with Gasteiger partial charge < -0.3 is 4.74 Å². The Morgan fingerprint density at radius 2 is 2.10 bits per heavy atom. The molecular weight excluding hydrogens is 434 g/mol. The molecule has 1 aliphatic rings. The van der Waals surface area contributed by atoms with Crippen molar-refractivity contribution in [3.8, 4) is 17.1 Å². The predicted octanol–water partition coefficient (Wildman–Crippen LogP) is 3.02. The lowest BCUT2D eigenvalue weighted by atomic mass is 10.1. The lowest BCUT2D eigenvalue weighted by Gasteiger charge is -2.32. The van der Waals surface area contributed by atoms with Crippen LogP contribution < -0.4 is 9.46 Å². The quantitative estimate of drug-likeness (QED) is 0.589. The number of H-pyrrole nitrogens is 1. The fourth-order valence-corrected chi connectivity index (χ4v) is 5.18. The number of benzene rings is 1. The van der Waals surface area contributed by atoms with Crippen molar-refractivity contribution >= 4 is 33.8 Å². The fourth-order valence-electron chi connectivity index (χ4n) is 3.41. The van der Waals surface area contributed by atoms with Crippen LogP contribution in [0.25, 0.3) is 11.4 Å². The van der Waals surface area contributed by atoms with E-state index in [0.29, 0.717) is 34.5 Å². The summed E-state index contributed by atoms with van der Waals surface area (Å²) in [5, 5.41) is 3.81. The molecule has 1 saturated heterocycles. The molecule has 1 aromatic carbocycles. The van der Waals surface area contributed by atoms with E-state index in [4.69, 9.17) is 28.6 Å². The molecule has 11 heteroatoms. The minimum Gasteiger partial charge on any atom is -0.496 e. The van der Waals surface area contributed by atoms with Crippen LogP contribution in [0.5, 0.6) is 5.75 Å². The molecule has 0 atom stereocenters. The number of aromatic nitrogens is 3.